The number of nitrogens with one attached hydrogen (secondary N) is 1. The Kier molecular flexibility index (Phi) is 3.77. The molecule has 1 amide bonds. The van der Waals surface area contributed by atoms with Crippen LogP contribution in [0.4, 0.5) is 0 Å². The van der Waals surface area contributed by atoms with Gasteiger partial charge < -0.3 is 19.4 Å². The Balaban J connectivity index is 1.52. The molecule has 1 aromatic heterocycles. The lowest BCUT2D eigenvalue weighted by Gasteiger charge is -2.25. The average molecular weight is 287 g/mol. The molecule has 0 aliphatic carbocycles. The van der Waals surface area contributed by atoms with Gasteiger partial charge in [-0.1, -0.05) is 12.1 Å². The second-order valence-corrected chi connectivity index (χ2v) is 4.82. The summed E-state index contributed by atoms with van der Waals surface area (Å²) in [5.41, 5.74) is 0. The molecule has 0 bridgehead atoms. The maximum absolute atomic E-state index is 12.1. The maximum Gasteiger partial charge on any atom is 0.264 e. The second kappa shape index (κ2) is 5.87. The molecule has 6 heteroatoms. The molecule has 3 rings (SSSR count). The van der Waals surface area contributed by atoms with Crippen molar-refractivity contribution in [2.75, 3.05) is 13.2 Å². The highest BCUT2D eigenvalue weighted by Crippen LogP contribution is 2.30. The van der Waals surface area contributed by atoms with Crippen molar-refractivity contribution in [2.45, 2.75) is 19.6 Å². The second-order valence-electron chi connectivity index (χ2n) is 4.82. The van der Waals surface area contributed by atoms with Crippen LogP contribution in [0.15, 0.2) is 36.7 Å². The standard InChI is InChI=1S/C15H17N3O3/c1-11-16-6-8-18(11)9-7-17-15(19)14-10-20-12-4-2-3-5-13(12)21-14/h2-6,8,14H,7,9-10H2,1H3,(H,17,19). The summed E-state index contributed by atoms with van der Waals surface area (Å²) in [5.74, 6) is 2.04. The van der Waals surface area contributed by atoms with Gasteiger partial charge >= 0.3 is 0 Å². The molecular formula is C15H17N3O3. The molecule has 2 aromatic rings. The molecule has 1 atom stereocenters. The minimum absolute atomic E-state index is 0.165. The van der Waals surface area contributed by atoms with Gasteiger partial charge in [-0.25, -0.2) is 4.98 Å². The van der Waals surface area contributed by atoms with Crippen LogP contribution < -0.4 is 14.8 Å². The van der Waals surface area contributed by atoms with Crippen molar-refractivity contribution >= 4 is 5.91 Å². The van der Waals surface area contributed by atoms with Crippen molar-refractivity contribution in [2.24, 2.45) is 0 Å². The molecule has 0 radical (unpaired) electrons. The summed E-state index contributed by atoms with van der Waals surface area (Å²) in [5, 5.41) is 2.86. The van der Waals surface area contributed by atoms with E-state index in [1.165, 1.54) is 0 Å². The molecule has 1 aromatic carbocycles. The Morgan fingerprint density at radius 2 is 2.24 bits per heavy atom. The fourth-order valence-electron chi connectivity index (χ4n) is 2.20. The van der Waals surface area contributed by atoms with E-state index in [-0.39, 0.29) is 12.5 Å². The van der Waals surface area contributed by atoms with Gasteiger partial charge in [0.15, 0.2) is 11.5 Å². The molecule has 1 unspecified atom stereocenters. The Hall–Kier alpha value is -2.50. The number of fused-ring (bicyclic) bond motifs is 1. The molecule has 0 saturated heterocycles. The minimum atomic E-state index is -0.608. The third kappa shape index (κ3) is 2.99. The molecule has 2 heterocycles. The van der Waals surface area contributed by atoms with Crippen molar-refractivity contribution in [3.63, 3.8) is 0 Å². The first-order valence-electron chi connectivity index (χ1n) is 6.88. The Labute approximate surface area is 122 Å². The molecule has 1 aliphatic rings. The first-order chi connectivity index (χ1) is 10.2. The van der Waals surface area contributed by atoms with Gasteiger partial charge in [0.05, 0.1) is 0 Å². The third-order valence-electron chi connectivity index (χ3n) is 3.38. The maximum atomic E-state index is 12.1. The van der Waals surface area contributed by atoms with Crippen LogP contribution in [-0.2, 0) is 11.3 Å². The lowest BCUT2D eigenvalue weighted by molar-refractivity contribution is -0.130. The molecule has 0 spiro atoms. The monoisotopic (exact) mass is 287 g/mol. The van der Waals surface area contributed by atoms with Crippen molar-refractivity contribution in [1.29, 1.82) is 0 Å². The van der Waals surface area contributed by atoms with E-state index < -0.39 is 6.10 Å². The first-order valence-corrected chi connectivity index (χ1v) is 6.88. The van der Waals surface area contributed by atoms with E-state index in [2.05, 4.69) is 10.3 Å². The molecule has 0 fully saturated rings. The zero-order valence-electron chi connectivity index (χ0n) is 11.8. The molecule has 6 nitrogen and oxygen atoms in total. The third-order valence-corrected chi connectivity index (χ3v) is 3.38. The van der Waals surface area contributed by atoms with Crippen molar-refractivity contribution in [1.82, 2.24) is 14.9 Å². The van der Waals surface area contributed by atoms with Crippen LogP contribution >= 0.6 is 0 Å². The number of para-hydroxylation sites is 2. The number of benzene rings is 1. The molecule has 1 N–H and O–H groups in total. The van der Waals surface area contributed by atoms with Crippen LogP contribution in [0.2, 0.25) is 0 Å². The van der Waals surface area contributed by atoms with Gasteiger partial charge in [-0.15, -0.1) is 0 Å². The molecule has 21 heavy (non-hydrogen) atoms. The summed E-state index contributed by atoms with van der Waals surface area (Å²) in [6, 6.07) is 7.34. The van der Waals surface area contributed by atoms with Gasteiger partial charge in [0.25, 0.3) is 5.91 Å². The number of ether oxygens (including phenoxy) is 2. The molecule has 110 valence electrons. The van der Waals surface area contributed by atoms with Crippen LogP contribution in [0.1, 0.15) is 5.82 Å². The zero-order valence-corrected chi connectivity index (χ0v) is 11.8. The van der Waals surface area contributed by atoms with Gasteiger partial charge in [0, 0.05) is 25.5 Å². The number of carbonyl (C=O) groups excluding carboxylic acids is 1. The Bertz CT molecular complexity index is 639. The minimum Gasteiger partial charge on any atom is -0.485 e. The van der Waals surface area contributed by atoms with Gasteiger partial charge in [0.2, 0.25) is 6.10 Å². The summed E-state index contributed by atoms with van der Waals surface area (Å²) < 4.78 is 13.2. The van der Waals surface area contributed by atoms with E-state index in [1.54, 1.807) is 12.3 Å². The predicted molar refractivity (Wildman–Crippen MR) is 76.3 cm³/mol. The summed E-state index contributed by atoms with van der Waals surface area (Å²) >= 11 is 0. The highest BCUT2D eigenvalue weighted by Gasteiger charge is 2.26. The number of hydrogen-bond acceptors (Lipinski definition) is 4. The number of amides is 1. The molecule has 1 aliphatic heterocycles. The number of imidazole rings is 1. The van der Waals surface area contributed by atoms with Crippen LogP contribution in [-0.4, -0.2) is 34.7 Å². The lowest BCUT2D eigenvalue weighted by Crippen LogP contribution is -2.44. The number of nitrogens with zero attached hydrogens (tertiary/aromatic N) is 2. The van der Waals surface area contributed by atoms with Crippen LogP contribution in [0.3, 0.4) is 0 Å². The summed E-state index contributed by atoms with van der Waals surface area (Å²) in [6.45, 7) is 3.36. The van der Waals surface area contributed by atoms with Gasteiger partial charge in [-0.3, -0.25) is 4.79 Å². The van der Waals surface area contributed by atoms with E-state index in [0.29, 0.717) is 24.6 Å². The number of hydrogen-bond donors (Lipinski definition) is 1. The topological polar surface area (TPSA) is 65.4 Å². The van der Waals surface area contributed by atoms with Gasteiger partial charge in [-0.2, -0.15) is 0 Å². The highest BCUT2D eigenvalue weighted by atomic mass is 16.6. The average Bonchev–Trinajstić information content (AvgIpc) is 2.92. The first kappa shape index (κ1) is 13.5. The van der Waals surface area contributed by atoms with Crippen LogP contribution in [0.5, 0.6) is 11.5 Å². The normalized spacial score (nSPS) is 16.5. The van der Waals surface area contributed by atoms with Crippen molar-refractivity contribution in [3.05, 3.63) is 42.5 Å². The van der Waals surface area contributed by atoms with E-state index in [1.807, 2.05) is 35.9 Å². The van der Waals surface area contributed by atoms with Crippen molar-refractivity contribution < 1.29 is 14.3 Å². The number of aryl methyl sites for hydroxylation is 1. The van der Waals surface area contributed by atoms with E-state index in [4.69, 9.17) is 9.47 Å². The Morgan fingerprint density at radius 3 is 3.00 bits per heavy atom. The smallest absolute Gasteiger partial charge is 0.264 e. The quantitative estimate of drug-likeness (QED) is 0.916. The predicted octanol–water partition coefficient (Wildman–Crippen LogP) is 1.15. The van der Waals surface area contributed by atoms with Gasteiger partial charge in [0.1, 0.15) is 12.4 Å². The van der Waals surface area contributed by atoms with Crippen LogP contribution in [0.25, 0.3) is 0 Å². The number of aromatic nitrogens is 2. The molecule has 0 saturated carbocycles. The highest BCUT2D eigenvalue weighted by molar-refractivity contribution is 5.81. The van der Waals surface area contributed by atoms with Crippen LogP contribution in [0, 0.1) is 6.92 Å². The fraction of sp³-hybridized carbons (Fsp3) is 0.333. The number of rotatable bonds is 4. The lowest BCUT2D eigenvalue weighted by atomic mass is 10.2. The van der Waals surface area contributed by atoms with E-state index in [9.17, 15) is 4.79 Å². The summed E-state index contributed by atoms with van der Waals surface area (Å²) in [4.78, 5) is 16.2. The van der Waals surface area contributed by atoms with Gasteiger partial charge in [-0.05, 0) is 19.1 Å². The van der Waals surface area contributed by atoms with E-state index >= 15 is 0 Å². The summed E-state index contributed by atoms with van der Waals surface area (Å²) in [6.07, 6.45) is 3.02. The largest absolute Gasteiger partial charge is 0.485 e. The Morgan fingerprint density at radius 1 is 1.43 bits per heavy atom. The van der Waals surface area contributed by atoms with Crippen molar-refractivity contribution in [3.8, 4) is 11.5 Å². The summed E-state index contributed by atoms with van der Waals surface area (Å²) in [7, 11) is 0. The fourth-order valence-corrected chi connectivity index (χ4v) is 2.20. The number of carbonyl (C=O) groups is 1. The SMILES string of the molecule is Cc1nccn1CCNC(=O)C1COc2ccccc2O1. The van der Waals surface area contributed by atoms with E-state index in [0.717, 1.165) is 5.82 Å². The zero-order chi connectivity index (χ0) is 14.7. The molecular weight excluding hydrogens is 270 g/mol.